The SMILES string of the molecule is CN1C[C@@H]2[C@@H](CCCN2S(=O)(=O)Cc2ccccc2F)C1=O. The maximum absolute atomic E-state index is 13.7. The quantitative estimate of drug-likeness (QED) is 0.839. The van der Waals surface area contributed by atoms with E-state index in [0.29, 0.717) is 19.5 Å². The first-order chi connectivity index (χ1) is 10.4. The minimum Gasteiger partial charge on any atom is -0.344 e. The van der Waals surface area contributed by atoms with Crippen LogP contribution in [0.2, 0.25) is 0 Å². The zero-order valence-corrected chi connectivity index (χ0v) is 13.2. The molecule has 2 aliphatic rings. The first-order valence-electron chi connectivity index (χ1n) is 7.38. The number of benzene rings is 1. The van der Waals surface area contributed by atoms with Gasteiger partial charge in [0.25, 0.3) is 0 Å². The van der Waals surface area contributed by atoms with Crippen LogP contribution >= 0.6 is 0 Å². The molecule has 120 valence electrons. The summed E-state index contributed by atoms with van der Waals surface area (Å²) < 4.78 is 40.5. The highest BCUT2D eigenvalue weighted by molar-refractivity contribution is 7.88. The fourth-order valence-corrected chi connectivity index (χ4v) is 5.25. The Morgan fingerprint density at radius 2 is 2.05 bits per heavy atom. The molecule has 1 aromatic rings. The number of piperidine rings is 1. The summed E-state index contributed by atoms with van der Waals surface area (Å²) in [5, 5.41) is 0. The van der Waals surface area contributed by atoms with Crippen LogP contribution in [-0.4, -0.2) is 49.7 Å². The summed E-state index contributed by atoms with van der Waals surface area (Å²) >= 11 is 0. The van der Waals surface area contributed by atoms with Crippen LogP contribution in [0.15, 0.2) is 24.3 Å². The zero-order chi connectivity index (χ0) is 15.9. The number of rotatable bonds is 3. The van der Waals surface area contributed by atoms with E-state index in [0.717, 1.165) is 6.42 Å². The van der Waals surface area contributed by atoms with Gasteiger partial charge in [-0.15, -0.1) is 0 Å². The first-order valence-corrected chi connectivity index (χ1v) is 8.99. The maximum Gasteiger partial charge on any atom is 0.227 e. The summed E-state index contributed by atoms with van der Waals surface area (Å²) in [6.45, 7) is 0.819. The predicted molar refractivity (Wildman–Crippen MR) is 79.9 cm³/mol. The molecule has 2 aliphatic heterocycles. The molecule has 2 atom stereocenters. The van der Waals surface area contributed by atoms with Gasteiger partial charge < -0.3 is 4.90 Å². The van der Waals surface area contributed by atoms with E-state index in [9.17, 15) is 17.6 Å². The number of likely N-dealkylation sites (N-methyl/N-ethyl adjacent to an activating group) is 1. The Morgan fingerprint density at radius 3 is 2.77 bits per heavy atom. The van der Waals surface area contributed by atoms with E-state index in [4.69, 9.17) is 0 Å². The summed E-state index contributed by atoms with van der Waals surface area (Å²) in [5.74, 6) is -1.12. The van der Waals surface area contributed by atoms with Gasteiger partial charge in [-0.25, -0.2) is 12.8 Å². The van der Waals surface area contributed by atoms with Crippen molar-refractivity contribution in [1.82, 2.24) is 9.21 Å². The van der Waals surface area contributed by atoms with E-state index in [1.165, 1.54) is 22.5 Å². The van der Waals surface area contributed by atoms with Crippen LogP contribution < -0.4 is 0 Å². The smallest absolute Gasteiger partial charge is 0.227 e. The second-order valence-electron chi connectivity index (χ2n) is 5.99. The molecule has 0 aromatic heterocycles. The van der Waals surface area contributed by atoms with E-state index in [2.05, 4.69) is 0 Å². The molecular weight excluding hydrogens is 307 g/mol. The van der Waals surface area contributed by atoms with Crippen LogP contribution in [0, 0.1) is 11.7 Å². The number of hydrogen-bond donors (Lipinski definition) is 0. The number of halogens is 1. The molecule has 0 saturated carbocycles. The van der Waals surface area contributed by atoms with E-state index in [1.807, 2.05) is 0 Å². The van der Waals surface area contributed by atoms with Crippen molar-refractivity contribution in [3.63, 3.8) is 0 Å². The van der Waals surface area contributed by atoms with Crippen LogP contribution in [0.4, 0.5) is 4.39 Å². The number of likely N-dealkylation sites (tertiary alicyclic amines) is 1. The number of carbonyl (C=O) groups excluding carboxylic acids is 1. The average Bonchev–Trinajstić information content (AvgIpc) is 2.76. The number of carbonyl (C=O) groups is 1. The Bertz CT molecular complexity index is 692. The fourth-order valence-electron chi connectivity index (χ4n) is 3.43. The lowest BCUT2D eigenvalue weighted by atomic mass is 9.93. The minimum absolute atomic E-state index is 0.00999. The van der Waals surface area contributed by atoms with E-state index >= 15 is 0 Å². The number of sulfonamides is 1. The first kappa shape index (κ1) is 15.4. The summed E-state index contributed by atoms with van der Waals surface area (Å²) in [6, 6.07) is 5.59. The average molecular weight is 326 g/mol. The molecule has 3 rings (SSSR count). The van der Waals surface area contributed by atoms with Gasteiger partial charge >= 0.3 is 0 Å². The Balaban J connectivity index is 1.86. The van der Waals surface area contributed by atoms with Gasteiger partial charge in [-0.3, -0.25) is 4.79 Å². The predicted octanol–water partition coefficient (Wildman–Crippen LogP) is 1.21. The standard InChI is InChI=1S/C15H19FN2O3S/c1-17-9-14-12(15(17)19)6-4-8-18(14)22(20,21)10-11-5-2-3-7-13(11)16/h2-3,5,7,12,14H,4,6,8-10H2,1H3/t12-,14-/m1/s1. The van der Waals surface area contributed by atoms with Gasteiger partial charge in [0.2, 0.25) is 15.9 Å². The van der Waals surface area contributed by atoms with E-state index in [1.54, 1.807) is 18.0 Å². The Labute approximate surface area is 129 Å². The van der Waals surface area contributed by atoms with Crippen LogP contribution in [0.5, 0.6) is 0 Å². The van der Waals surface area contributed by atoms with E-state index < -0.39 is 15.8 Å². The molecule has 1 aromatic carbocycles. The summed E-state index contributed by atoms with van der Waals surface area (Å²) in [4.78, 5) is 13.7. The topological polar surface area (TPSA) is 57.7 Å². The van der Waals surface area contributed by atoms with Crippen molar-refractivity contribution in [3.8, 4) is 0 Å². The third-order valence-electron chi connectivity index (χ3n) is 4.54. The Hall–Kier alpha value is -1.47. The Morgan fingerprint density at radius 1 is 1.32 bits per heavy atom. The normalized spacial score (nSPS) is 26.3. The number of hydrogen-bond acceptors (Lipinski definition) is 3. The molecule has 0 unspecified atom stereocenters. The lowest BCUT2D eigenvalue weighted by molar-refractivity contribution is -0.130. The fraction of sp³-hybridized carbons (Fsp3) is 0.533. The monoisotopic (exact) mass is 326 g/mol. The second kappa shape index (κ2) is 5.62. The van der Waals surface area contributed by atoms with Crippen molar-refractivity contribution >= 4 is 15.9 Å². The summed E-state index contributed by atoms with van der Waals surface area (Å²) in [7, 11) is -1.95. The van der Waals surface area contributed by atoms with Crippen LogP contribution in [0.1, 0.15) is 18.4 Å². The highest BCUT2D eigenvalue weighted by Crippen LogP contribution is 2.33. The highest BCUT2D eigenvalue weighted by atomic mass is 32.2. The number of fused-ring (bicyclic) bond motifs is 1. The van der Waals surface area contributed by atoms with E-state index in [-0.39, 0.29) is 29.2 Å². The molecule has 5 nitrogen and oxygen atoms in total. The lowest BCUT2D eigenvalue weighted by Crippen LogP contribution is -2.49. The molecule has 2 heterocycles. The van der Waals surface area contributed by atoms with Crippen molar-refractivity contribution in [2.45, 2.75) is 24.6 Å². The molecule has 0 aliphatic carbocycles. The largest absolute Gasteiger partial charge is 0.344 e. The van der Waals surface area contributed by atoms with Crippen molar-refractivity contribution < 1.29 is 17.6 Å². The van der Waals surface area contributed by atoms with Gasteiger partial charge in [0.15, 0.2) is 0 Å². The lowest BCUT2D eigenvalue weighted by Gasteiger charge is -2.34. The molecule has 7 heteroatoms. The van der Waals surface area contributed by atoms with Crippen LogP contribution in [0.25, 0.3) is 0 Å². The molecule has 2 fully saturated rings. The molecule has 0 N–H and O–H groups in total. The molecule has 0 radical (unpaired) electrons. The molecule has 0 spiro atoms. The third-order valence-corrected chi connectivity index (χ3v) is 6.38. The minimum atomic E-state index is -3.65. The second-order valence-corrected chi connectivity index (χ2v) is 7.91. The van der Waals surface area contributed by atoms with Crippen molar-refractivity contribution in [2.75, 3.05) is 20.1 Å². The van der Waals surface area contributed by atoms with Gasteiger partial charge in [0, 0.05) is 25.7 Å². The highest BCUT2D eigenvalue weighted by Gasteiger charge is 2.47. The molecule has 22 heavy (non-hydrogen) atoms. The van der Waals surface area contributed by atoms with Gasteiger partial charge in [-0.2, -0.15) is 4.31 Å². The van der Waals surface area contributed by atoms with Crippen molar-refractivity contribution in [2.24, 2.45) is 5.92 Å². The maximum atomic E-state index is 13.7. The third kappa shape index (κ3) is 2.63. The van der Waals surface area contributed by atoms with Gasteiger partial charge in [0.1, 0.15) is 5.82 Å². The molecular formula is C15H19FN2O3S. The van der Waals surface area contributed by atoms with Crippen molar-refractivity contribution in [3.05, 3.63) is 35.6 Å². The Kier molecular flexibility index (Phi) is 3.94. The molecule has 1 amide bonds. The summed E-state index contributed by atoms with van der Waals surface area (Å²) in [6.07, 6.45) is 1.39. The van der Waals surface area contributed by atoms with Crippen LogP contribution in [0.3, 0.4) is 0 Å². The number of nitrogens with zero attached hydrogens (tertiary/aromatic N) is 2. The number of amides is 1. The zero-order valence-electron chi connectivity index (χ0n) is 12.4. The summed E-state index contributed by atoms with van der Waals surface area (Å²) in [5.41, 5.74) is 0.169. The molecule has 2 saturated heterocycles. The molecule has 0 bridgehead atoms. The van der Waals surface area contributed by atoms with Gasteiger partial charge in [-0.05, 0) is 18.9 Å². The van der Waals surface area contributed by atoms with Crippen LogP contribution in [-0.2, 0) is 20.6 Å². The van der Waals surface area contributed by atoms with Gasteiger partial charge in [0.05, 0.1) is 17.7 Å². The van der Waals surface area contributed by atoms with Gasteiger partial charge in [-0.1, -0.05) is 18.2 Å². The van der Waals surface area contributed by atoms with Crippen molar-refractivity contribution in [1.29, 1.82) is 0 Å².